The summed E-state index contributed by atoms with van der Waals surface area (Å²) in [6.07, 6.45) is 0. The van der Waals surface area contributed by atoms with Gasteiger partial charge in [-0.25, -0.2) is 4.98 Å². The lowest BCUT2D eigenvalue weighted by Gasteiger charge is -2.26. The molecule has 1 fully saturated rings. The molecule has 0 aliphatic carbocycles. The van der Waals surface area contributed by atoms with Crippen molar-refractivity contribution in [3.8, 4) is 0 Å². The van der Waals surface area contributed by atoms with Crippen molar-refractivity contribution in [1.82, 2.24) is 9.88 Å². The van der Waals surface area contributed by atoms with Gasteiger partial charge in [-0.1, -0.05) is 18.2 Å². The van der Waals surface area contributed by atoms with Crippen molar-refractivity contribution < 1.29 is 9.15 Å². The molecule has 0 unspecified atom stereocenters. The first-order chi connectivity index (χ1) is 12.8. The summed E-state index contributed by atoms with van der Waals surface area (Å²) in [6.45, 7) is 4.35. The molecule has 2 aromatic carbocycles. The Morgan fingerprint density at radius 2 is 1.85 bits per heavy atom. The molecule has 5 rings (SSSR count). The highest BCUT2D eigenvalue weighted by atomic mass is 16.5. The van der Waals surface area contributed by atoms with Gasteiger partial charge in [-0.15, -0.1) is 0 Å². The van der Waals surface area contributed by atoms with Crippen molar-refractivity contribution in [3.05, 3.63) is 64.3 Å². The molecular formula is C21H18N2O3. The Morgan fingerprint density at radius 1 is 1.00 bits per heavy atom. The van der Waals surface area contributed by atoms with E-state index in [-0.39, 0.29) is 5.43 Å². The number of nitrogens with zero attached hydrogens (tertiary/aromatic N) is 2. The molecular weight excluding hydrogens is 328 g/mol. The quantitative estimate of drug-likeness (QED) is 0.521. The van der Waals surface area contributed by atoms with Gasteiger partial charge < -0.3 is 9.15 Å². The summed E-state index contributed by atoms with van der Waals surface area (Å²) >= 11 is 0. The van der Waals surface area contributed by atoms with E-state index >= 15 is 0 Å². The molecule has 0 spiro atoms. The van der Waals surface area contributed by atoms with Crippen LogP contribution < -0.4 is 5.43 Å². The highest BCUT2D eigenvalue weighted by molar-refractivity contribution is 5.95. The first-order valence-corrected chi connectivity index (χ1v) is 8.83. The normalized spacial score (nSPS) is 15.8. The Balaban J connectivity index is 1.63. The third-order valence-electron chi connectivity index (χ3n) is 4.94. The number of pyridine rings is 1. The van der Waals surface area contributed by atoms with E-state index in [1.54, 1.807) is 12.1 Å². The molecule has 130 valence electrons. The molecule has 3 heterocycles. The number of benzene rings is 2. The fraction of sp³-hybridized carbons (Fsp3) is 0.238. The minimum absolute atomic E-state index is 0.0326. The maximum Gasteiger partial charge on any atom is 0.231 e. The van der Waals surface area contributed by atoms with Gasteiger partial charge in [0.25, 0.3) is 0 Å². The van der Waals surface area contributed by atoms with Crippen LogP contribution in [0.3, 0.4) is 0 Å². The zero-order chi connectivity index (χ0) is 17.5. The van der Waals surface area contributed by atoms with E-state index in [4.69, 9.17) is 9.15 Å². The van der Waals surface area contributed by atoms with E-state index in [2.05, 4.69) is 22.0 Å². The molecule has 4 aromatic rings. The monoisotopic (exact) mass is 346 g/mol. The van der Waals surface area contributed by atoms with Crippen LogP contribution in [0.5, 0.6) is 0 Å². The number of morpholine rings is 1. The highest BCUT2D eigenvalue weighted by Gasteiger charge is 2.13. The summed E-state index contributed by atoms with van der Waals surface area (Å²) in [6, 6.07) is 15.4. The molecule has 0 saturated carbocycles. The van der Waals surface area contributed by atoms with Crippen LogP contribution in [0.15, 0.2) is 57.7 Å². The maximum atomic E-state index is 12.8. The third-order valence-corrected chi connectivity index (χ3v) is 4.94. The Bertz CT molecular complexity index is 1180. The summed E-state index contributed by atoms with van der Waals surface area (Å²) in [4.78, 5) is 19.8. The summed E-state index contributed by atoms with van der Waals surface area (Å²) < 4.78 is 11.3. The lowest BCUT2D eigenvalue weighted by molar-refractivity contribution is 0.0342. The summed E-state index contributed by atoms with van der Waals surface area (Å²) in [5, 5.41) is 2.08. The van der Waals surface area contributed by atoms with Gasteiger partial charge in [0.05, 0.1) is 29.5 Å². The number of hydrogen-bond acceptors (Lipinski definition) is 5. The molecule has 5 heteroatoms. The van der Waals surface area contributed by atoms with Crippen LogP contribution in [0.2, 0.25) is 0 Å². The molecule has 2 aromatic heterocycles. The fourth-order valence-electron chi connectivity index (χ4n) is 3.56. The van der Waals surface area contributed by atoms with E-state index in [0.717, 1.165) is 43.8 Å². The van der Waals surface area contributed by atoms with Gasteiger partial charge in [0.2, 0.25) is 11.1 Å². The van der Waals surface area contributed by atoms with Crippen molar-refractivity contribution in [2.75, 3.05) is 26.3 Å². The van der Waals surface area contributed by atoms with Crippen molar-refractivity contribution in [2.45, 2.75) is 6.54 Å². The number of aromatic nitrogens is 1. The average Bonchev–Trinajstić information content (AvgIpc) is 2.68. The number of ether oxygens (including phenoxy) is 1. The molecule has 5 nitrogen and oxygen atoms in total. The molecule has 1 saturated heterocycles. The predicted octanol–water partition coefficient (Wildman–Crippen LogP) is 3.33. The summed E-state index contributed by atoms with van der Waals surface area (Å²) in [5.74, 6) is 0. The van der Waals surface area contributed by atoms with Gasteiger partial charge in [0, 0.05) is 25.0 Å². The van der Waals surface area contributed by atoms with Gasteiger partial charge in [0.15, 0.2) is 0 Å². The Morgan fingerprint density at radius 3 is 2.73 bits per heavy atom. The second-order valence-electron chi connectivity index (χ2n) is 6.68. The van der Waals surface area contributed by atoms with Crippen molar-refractivity contribution >= 4 is 33.0 Å². The van der Waals surface area contributed by atoms with Crippen molar-refractivity contribution in [2.24, 2.45) is 0 Å². The van der Waals surface area contributed by atoms with Crippen LogP contribution in [-0.4, -0.2) is 36.2 Å². The Kier molecular flexibility index (Phi) is 3.69. The second-order valence-corrected chi connectivity index (χ2v) is 6.68. The third kappa shape index (κ3) is 2.66. The predicted molar refractivity (Wildman–Crippen MR) is 101 cm³/mol. The Hall–Kier alpha value is -2.76. The molecule has 1 aliphatic heterocycles. The van der Waals surface area contributed by atoms with Gasteiger partial charge in [0.1, 0.15) is 5.58 Å². The van der Waals surface area contributed by atoms with Crippen molar-refractivity contribution in [3.63, 3.8) is 0 Å². The van der Waals surface area contributed by atoms with E-state index in [1.165, 1.54) is 5.56 Å². The molecule has 0 bridgehead atoms. The molecule has 0 radical (unpaired) electrons. The average molecular weight is 346 g/mol. The number of rotatable bonds is 2. The fourth-order valence-corrected chi connectivity index (χ4v) is 3.56. The first kappa shape index (κ1) is 15.5. The SMILES string of the molecule is O=c1c2ccccc2oc2nc3ccc(CN4CCOCC4)cc3cc12. The minimum atomic E-state index is -0.0326. The van der Waals surface area contributed by atoms with E-state index in [1.807, 2.05) is 24.3 Å². The van der Waals surface area contributed by atoms with Gasteiger partial charge in [-0.3, -0.25) is 9.69 Å². The molecule has 0 N–H and O–H groups in total. The smallest absolute Gasteiger partial charge is 0.231 e. The van der Waals surface area contributed by atoms with Gasteiger partial charge in [-0.05, 0) is 35.9 Å². The van der Waals surface area contributed by atoms with Crippen LogP contribution in [-0.2, 0) is 11.3 Å². The van der Waals surface area contributed by atoms with E-state index < -0.39 is 0 Å². The van der Waals surface area contributed by atoms with E-state index in [9.17, 15) is 4.79 Å². The largest absolute Gasteiger partial charge is 0.437 e. The number of para-hydroxylation sites is 1. The molecule has 1 aliphatic rings. The van der Waals surface area contributed by atoms with Crippen LogP contribution in [0.25, 0.3) is 33.0 Å². The molecule has 0 atom stereocenters. The Labute approximate surface area is 149 Å². The summed E-state index contributed by atoms with van der Waals surface area (Å²) in [5.41, 5.74) is 2.98. The lowest BCUT2D eigenvalue weighted by atomic mass is 10.1. The minimum Gasteiger partial charge on any atom is -0.437 e. The number of hydrogen-bond donors (Lipinski definition) is 0. The van der Waals surface area contributed by atoms with Crippen LogP contribution in [0.4, 0.5) is 0 Å². The summed E-state index contributed by atoms with van der Waals surface area (Å²) in [7, 11) is 0. The second kappa shape index (κ2) is 6.20. The maximum absolute atomic E-state index is 12.8. The molecule has 0 amide bonds. The lowest BCUT2D eigenvalue weighted by Crippen LogP contribution is -2.35. The molecule has 26 heavy (non-hydrogen) atoms. The standard InChI is InChI=1S/C21H18N2O3/c24-20-16-3-1-2-4-19(16)26-21-17(20)12-15-11-14(5-6-18(15)22-21)13-23-7-9-25-10-8-23/h1-6,11-12H,7-10,13H2. The topological polar surface area (TPSA) is 55.6 Å². The van der Waals surface area contributed by atoms with Crippen LogP contribution >= 0.6 is 0 Å². The number of fused-ring (bicyclic) bond motifs is 3. The van der Waals surface area contributed by atoms with Gasteiger partial charge in [-0.2, -0.15) is 0 Å². The highest BCUT2D eigenvalue weighted by Crippen LogP contribution is 2.23. The van der Waals surface area contributed by atoms with Crippen molar-refractivity contribution in [1.29, 1.82) is 0 Å². The zero-order valence-corrected chi connectivity index (χ0v) is 14.3. The van der Waals surface area contributed by atoms with Crippen LogP contribution in [0, 0.1) is 0 Å². The zero-order valence-electron chi connectivity index (χ0n) is 14.3. The first-order valence-electron chi connectivity index (χ1n) is 8.83. The van der Waals surface area contributed by atoms with Crippen LogP contribution in [0.1, 0.15) is 5.56 Å². The van der Waals surface area contributed by atoms with E-state index in [0.29, 0.717) is 22.1 Å². The van der Waals surface area contributed by atoms with Gasteiger partial charge >= 0.3 is 0 Å².